The molecule has 0 saturated heterocycles. The smallest absolute Gasteiger partial charge is 0.142 e. The van der Waals surface area contributed by atoms with E-state index in [1.54, 1.807) is 17.5 Å². The van der Waals surface area contributed by atoms with Gasteiger partial charge in [-0.2, -0.15) is 0 Å². The Kier molecular flexibility index (Phi) is 3.36. The second-order valence-electron chi connectivity index (χ2n) is 4.57. The van der Waals surface area contributed by atoms with Crippen molar-refractivity contribution >= 4 is 21.4 Å². The maximum atomic E-state index is 10.6. The van der Waals surface area contributed by atoms with Gasteiger partial charge in [-0.05, 0) is 23.3 Å². The zero-order valence-corrected chi connectivity index (χ0v) is 11.6. The van der Waals surface area contributed by atoms with E-state index in [2.05, 4.69) is 24.0 Å². The summed E-state index contributed by atoms with van der Waals surface area (Å²) >= 11 is 1.66. The number of aliphatic hydroxyl groups is 1. The van der Waals surface area contributed by atoms with Gasteiger partial charge in [-0.3, -0.25) is 0 Å². The molecule has 0 spiro atoms. The lowest BCUT2D eigenvalue weighted by atomic mass is 10.1. The third kappa shape index (κ3) is 2.17. The molecule has 3 aromatic rings. The Morgan fingerprint density at radius 1 is 1.37 bits per heavy atom. The van der Waals surface area contributed by atoms with Gasteiger partial charge in [-0.15, -0.1) is 11.3 Å². The molecule has 0 fully saturated rings. The van der Waals surface area contributed by atoms with Crippen molar-refractivity contribution in [3.05, 3.63) is 53.4 Å². The third-order valence-electron chi connectivity index (χ3n) is 3.26. The van der Waals surface area contributed by atoms with Gasteiger partial charge >= 0.3 is 0 Å². The van der Waals surface area contributed by atoms with Crippen LogP contribution < -0.4 is 0 Å². The van der Waals surface area contributed by atoms with Crippen LogP contribution in [0.25, 0.3) is 10.1 Å². The van der Waals surface area contributed by atoms with E-state index >= 15 is 0 Å². The first-order chi connectivity index (χ1) is 9.31. The highest BCUT2D eigenvalue weighted by Gasteiger charge is 2.19. The van der Waals surface area contributed by atoms with Crippen molar-refractivity contribution in [2.45, 2.75) is 26.0 Å². The van der Waals surface area contributed by atoms with Crippen LogP contribution in [0.1, 0.15) is 30.8 Å². The number of aromatic nitrogens is 2. The average molecular weight is 272 g/mol. The van der Waals surface area contributed by atoms with Crippen LogP contribution in [0.3, 0.4) is 0 Å². The lowest BCUT2D eigenvalue weighted by Crippen LogP contribution is -2.09. The van der Waals surface area contributed by atoms with Gasteiger partial charge < -0.3 is 9.67 Å². The molecule has 0 radical (unpaired) electrons. The molecule has 3 nitrogen and oxygen atoms in total. The molecule has 1 aromatic carbocycles. The fourth-order valence-corrected chi connectivity index (χ4v) is 3.33. The fourth-order valence-electron chi connectivity index (χ4n) is 2.35. The first-order valence-corrected chi connectivity index (χ1v) is 7.34. The average Bonchev–Trinajstić information content (AvgIpc) is 3.04. The molecule has 2 aromatic heterocycles. The van der Waals surface area contributed by atoms with E-state index < -0.39 is 6.10 Å². The number of imidazole rings is 1. The summed E-state index contributed by atoms with van der Waals surface area (Å²) in [5, 5.41) is 13.7. The normalized spacial score (nSPS) is 12.9. The van der Waals surface area contributed by atoms with Crippen LogP contribution in [0.2, 0.25) is 0 Å². The summed E-state index contributed by atoms with van der Waals surface area (Å²) in [7, 11) is 0. The van der Waals surface area contributed by atoms with Gasteiger partial charge in [-0.1, -0.05) is 25.1 Å². The summed E-state index contributed by atoms with van der Waals surface area (Å²) in [5.41, 5.74) is 0.948. The van der Waals surface area contributed by atoms with E-state index in [0.29, 0.717) is 0 Å². The molecule has 1 N–H and O–H groups in total. The molecule has 3 rings (SSSR count). The summed E-state index contributed by atoms with van der Waals surface area (Å²) in [6.07, 6.45) is 4.05. The molecule has 2 heterocycles. The van der Waals surface area contributed by atoms with Gasteiger partial charge in [0.25, 0.3) is 0 Å². The Hall–Kier alpha value is -1.65. The molecule has 0 amide bonds. The van der Waals surface area contributed by atoms with Gasteiger partial charge in [0.15, 0.2) is 0 Å². The Morgan fingerprint density at radius 2 is 2.21 bits per heavy atom. The number of benzene rings is 1. The summed E-state index contributed by atoms with van der Waals surface area (Å²) < 4.78 is 3.22. The molecular formula is C15H16N2OS. The number of nitrogens with zero attached hydrogens (tertiary/aromatic N) is 2. The SMILES string of the molecule is CCCn1ccnc1C(O)c1csc2ccccc12. The monoisotopic (exact) mass is 272 g/mol. The zero-order chi connectivity index (χ0) is 13.2. The van der Waals surface area contributed by atoms with Crippen molar-refractivity contribution in [1.29, 1.82) is 0 Å². The van der Waals surface area contributed by atoms with Crippen LogP contribution in [0.15, 0.2) is 42.0 Å². The van der Waals surface area contributed by atoms with Crippen molar-refractivity contribution in [3.8, 4) is 0 Å². The summed E-state index contributed by atoms with van der Waals surface area (Å²) in [5.74, 6) is 0.727. The predicted molar refractivity (Wildman–Crippen MR) is 78.4 cm³/mol. The van der Waals surface area contributed by atoms with Crippen molar-refractivity contribution in [3.63, 3.8) is 0 Å². The Balaban J connectivity index is 2.03. The van der Waals surface area contributed by atoms with E-state index in [1.807, 2.05) is 28.3 Å². The van der Waals surface area contributed by atoms with Crippen molar-refractivity contribution in [2.75, 3.05) is 0 Å². The third-order valence-corrected chi connectivity index (χ3v) is 4.24. The quantitative estimate of drug-likeness (QED) is 0.788. The van der Waals surface area contributed by atoms with E-state index in [4.69, 9.17) is 0 Å². The Labute approximate surface area is 116 Å². The minimum atomic E-state index is -0.655. The molecule has 0 aliphatic heterocycles. The molecule has 0 saturated carbocycles. The number of rotatable bonds is 4. The lowest BCUT2D eigenvalue weighted by Gasteiger charge is -2.12. The second-order valence-corrected chi connectivity index (χ2v) is 5.48. The Bertz CT molecular complexity index is 686. The van der Waals surface area contributed by atoms with Gasteiger partial charge in [-0.25, -0.2) is 4.98 Å². The van der Waals surface area contributed by atoms with Crippen LogP contribution in [0.4, 0.5) is 0 Å². The highest BCUT2D eigenvalue weighted by atomic mass is 32.1. The number of aryl methyl sites for hydroxylation is 1. The lowest BCUT2D eigenvalue weighted by molar-refractivity contribution is 0.206. The topological polar surface area (TPSA) is 38.0 Å². The predicted octanol–water partition coefficient (Wildman–Crippen LogP) is 3.59. The number of hydrogen-bond donors (Lipinski definition) is 1. The summed E-state index contributed by atoms with van der Waals surface area (Å²) in [6, 6.07) is 8.16. The van der Waals surface area contributed by atoms with Gasteiger partial charge in [0, 0.05) is 29.2 Å². The molecule has 98 valence electrons. The van der Waals surface area contributed by atoms with Crippen LogP contribution in [0.5, 0.6) is 0 Å². The molecule has 1 atom stereocenters. The van der Waals surface area contributed by atoms with Crippen molar-refractivity contribution in [1.82, 2.24) is 9.55 Å². The minimum Gasteiger partial charge on any atom is -0.380 e. The Morgan fingerprint density at radius 3 is 3.05 bits per heavy atom. The standard InChI is InChI=1S/C15H16N2OS/c1-2-8-17-9-7-16-15(17)14(18)12-10-19-13-6-4-3-5-11(12)13/h3-7,9-10,14,18H,2,8H2,1H3. The number of thiophene rings is 1. The number of aliphatic hydroxyl groups excluding tert-OH is 1. The van der Waals surface area contributed by atoms with Crippen LogP contribution in [-0.2, 0) is 6.54 Å². The van der Waals surface area contributed by atoms with E-state index in [1.165, 1.54) is 4.70 Å². The second kappa shape index (κ2) is 5.15. The molecule has 0 aliphatic carbocycles. The fraction of sp³-hybridized carbons (Fsp3) is 0.267. The van der Waals surface area contributed by atoms with Gasteiger partial charge in [0.2, 0.25) is 0 Å². The van der Waals surface area contributed by atoms with Crippen LogP contribution in [-0.4, -0.2) is 14.7 Å². The van der Waals surface area contributed by atoms with Crippen molar-refractivity contribution < 1.29 is 5.11 Å². The largest absolute Gasteiger partial charge is 0.380 e. The molecule has 0 bridgehead atoms. The zero-order valence-electron chi connectivity index (χ0n) is 10.8. The molecule has 19 heavy (non-hydrogen) atoms. The first-order valence-electron chi connectivity index (χ1n) is 6.46. The van der Waals surface area contributed by atoms with Crippen molar-refractivity contribution in [2.24, 2.45) is 0 Å². The maximum Gasteiger partial charge on any atom is 0.142 e. The summed E-state index contributed by atoms with van der Waals surface area (Å²) in [4.78, 5) is 4.32. The van der Waals surface area contributed by atoms with Crippen LogP contribution in [0, 0.1) is 0 Å². The first kappa shape index (κ1) is 12.4. The molecular weight excluding hydrogens is 256 g/mol. The molecule has 4 heteroatoms. The highest BCUT2D eigenvalue weighted by molar-refractivity contribution is 7.17. The maximum absolute atomic E-state index is 10.6. The van der Waals surface area contributed by atoms with E-state index in [-0.39, 0.29) is 0 Å². The van der Waals surface area contributed by atoms with E-state index in [9.17, 15) is 5.11 Å². The number of fused-ring (bicyclic) bond motifs is 1. The minimum absolute atomic E-state index is 0.655. The van der Waals surface area contributed by atoms with Gasteiger partial charge in [0.05, 0.1) is 0 Å². The molecule has 0 aliphatic rings. The van der Waals surface area contributed by atoms with Crippen LogP contribution >= 0.6 is 11.3 Å². The van der Waals surface area contributed by atoms with E-state index in [0.717, 1.165) is 29.7 Å². The summed E-state index contributed by atoms with van der Waals surface area (Å²) in [6.45, 7) is 3.00. The van der Waals surface area contributed by atoms with Gasteiger partial charge in [0.1, 0.15) is 11.9 Å². The molecule has 1 unspecified atom stereocenters. The number of hydrogen-bond acceptors (Lipinski definition) is 3. The highest BCUT2D eigenvalue weighted by Crippen LogP contribution is 2.32.